The zero-order valence-electron chi connectivity index (χ0n) is 8.69. The van der Waals surface area contributed by atoms with Crippen LogP contribution in [-0.2, 0) is 0 Å². The van der Waals surface area contributed by atoms with E-state index in [2.05, 4.69) is 31.2 Å². The second kappa shape index (κ2) is 4.24. The molecule has 1 saturated carbocycles. The maximum absolute atomic E-state index is 3.47. The lowest BCUT2D eigenvalue weighted by atomic mass is 9.96. The highest BCUT2D eigenvalue weighted by atomic mass is 15.2. The zero-order chi connectivity index (χ0) is 9.03. The van der Waals surface area contributed by atoms with Crippen molar-refractivity contribution in [2.45, 2.75) is 38.1 Å². The quantitative estimate of drug-likeness (QED) is 0.687. The fourth-order valence-corrected chi connectivity index (χ4v) is 2.17. The Balaban J connectivity index is 2.47. The molecule has 2 nitrogen and oxygen atoms in total. The summed E-state index contributed by atoms with van der Waals surface area (Å²) >= 11 is 0. The normalized spacial score (nSPS) is 22.0. The van der Waals surface area contributed by atoms with Crippen LogP contribution in [0, 0.1) is 0 Å². The molecule has 0 bridgehead atoms. The van der Waals surface area contributed by atoms with Gasteiger partial charge in [-0.15, -0.1) is 0 Å². The molecule has 2 heteroatoms. The van der Waals surface area contributed by atoms with Crippen LogP contribution < -0.4 is 5.32 Å². The first-order valence-electron chi connectivity index (χ1n) is 5.09. The average Bonchev–Trinajstić information content (AvgIpc) is 2.50. The standard InChI is InChI=1S/C10H22N2/c1-4-11-9-10(12(2)3)7-5-6-8-10/h11H,4-9H2,1-3H3. The molecule has 0 heterocycles. The van der Waals surface area contributed by atoms with Gasteiger partial charge in [-0.3, -0.25) is 0 Å². The number of hydrogen-bond donors (Lipinski definition) is 1. The summed E-state index contributed by atoms with van der Waals surface area (Å²) in [4.78, 5) is 2.41. The van der Waals surface area contributed by atoms with Crippen LogP contribution in [0.15, 0.2) is 0 Å². The van der Waals surface area contributed by atoms with Crippen LogP contribution >= 0.6 is 0 Å². The van der Waals surface area contributed by atoms with E-state index in [0.717, 1.165) is 13.1 Å². The van der Waals surface area contributed by atoms with Gasteiger partial charge in [0.25, 0.3) is 0 Å². The first kappa shape index (κ1) is 10.0. The fourth-order valence-electron chi connectivity index (χ4n) is 2.17. The summed E-state index contributed by atoms with van der Waals surface area (Å²) in [6.45, 7) is 4.43. The van der Waals surface area contributed by atoms with Crippen molar-refractivity contribution in [3.63, 3.8) is 0 Å². The van der Waals surface area contributed by atoms with E-state index in [1.165, 1.54) is 25.7 Å². The molecule has 1 fully saturated rings. The molecule has 1 rings (SSSR count). The summed E-state index contributed by atoms with van der Waals surface area (Å²) in [5.41, 5.74) is 0.468. The Morgan fingerprint density at radius 2 is 1.83 bits per heavy atom. The number of hydrogen-bond acceptors (Lipinski definition) is 2. The molecule has 1 N–H and O–H groups in total. The minimum Gasteiger partial charge on any atom is -0.315 e. The summed E-state index contributed by atoms with van der Waals surface area (Å²) in [5, 5.41) is 3.47. The number of nitrogens with one attached hydrogen (secondary N) is 1. The predicted molar refractivity (Wildman–Crippen MR) is 53.4 cm³/mol. The molecule has 0 spiro atoms. The van der Waals surface area contributed by atoms with E-state index in [1.54, 1.807) is 0 Å². The Hall–Kier alpha value is -0.0800. The fraction of sp³-hybridized carbons (Fsp3) is 1.00. The number of nitrogens with zero attached hydrogens (tertiary/aromatic N) is 1. The second-order valence-corrected chi connectivity index (χ2v) is 4.11. The predicted octanol–water partition coefficient (Wildman–Crippen LogP) is 1.47. The largest absolute Gasteiger partial charge is 0.315 e. The highest BCUT2D eigenvalue weighted by Gasteiger charge is 2.34. The van der Waals surface area contributed by atoms with Crippen molar-refractivity contribution in [2.24, 2.45) is 0 Å². The Morgan fingerprint density at radius 3 is 2.25 bits per heavy atom. The molecule has 0 amide bonds. The minimum atomic E-state index is 0.468. The summed E-state index contributed by atoms with van der Waals surface area (Å²) in [5.74, 6) is 0. The van der Waals surface area contributed by atoms with Gasteiger partial charge in [0.1, 0.15) is 0 Å². The molecular formula is C10H22N2. The van der Waals surface area contributed by atoms with Crippen LogP contribution in [0.1, 0.15) is 32.6 Å². The van der Waals surface area contributed by atoms with E-state index >= 15 is 0 Å². The first-order chi connectivity index (χ1) is 5.71. The van der Waals surface area contributed by atoms with Crippen LogP contribution in [0.3, 0.4) is 0 Å². The van der Waals surface area contributed by atoms with Crippen molar-refractivity contribution in [3.8, 4) is 0 Å². The van der Waals surface area contributed by atoms with Gasteiger partial charge in [-0.05, 0) is 33.5 Å². The van der Waals surface area contributed by atoms with Gasteiger partial charge in [0.05, 0.1) is 0 Å². The Morgan fingerprint density at radius 1 is 1.25 bits per heavy atom. The van der Waals surface area contributed by atoms with E-state index in [9.17, 15) is 0 Å². The van der Waals surface area contributed by atoms with Gasteiger partial charge in [-0.25, -0.2) is 0 Å². The maximum Gasteiger partial charge on any atom is 0.0327 e. The summed E-state index contributed by atoms with van der Waals surface area (Å²) in [6.07, 6.45) is 5.55. The molecule has 1 aliphatic rings. The Labute approximate surface area is 76.3 Å². The third-order valence-electron chi connectivity index (χ3n) is 3.19. The van der Waals surface area contributed by atoms with E-state index in [-0.39, 0.29) is 0 Å². The lowest BCUT2D eigenvalue weighted by molar-refractivity contribution is 0.155. The smallest absolute Gasteiger partial charge is 0.0327 e. The third kappa shape index (κ3) is 1.99. The second-order valence-electron chi connectivity index (χ2n) is 4.11. The zero-order valence-corrected chi connectivity index (χ0v) is 8.69. The molecular weight excluding hydrogens is 148 g/mol. The van der Waals surface area contributed by atoms with E-state index in [1.807, 2.05) is 0 Å². The first-order valence-corrected chi connectivity index (χ1v) is 5.09. The van der Waals surface area contributed by atoms with Gasteiger partial charge in [-0.2, -0.15) is 0 Å². The van der Waals surface area contributed by atoms with Crippen molar-refractivity contribution in [3.05, 3.63) is 0 Å². The molecule has 0 aromatic rings. The van der Waals surface area contributed by atoms with E-state index in [0.29, 0.717) is 5.54 Å². The molecule has 1 aliphatic carbocycles. The van der Waals surface area contributed by atoms with Gasteiger partial charge < -0.3 is 10.2 Å². The summed E-state index contributed by atoms with van der Waals surface area (Å²) < 4.78 is 0. The van der Waals surface area contributed by atoms with Crippen molar-refractivity contribution in [1.82, 2.24) is 10.2 Å². The van der Waals surface area contributed by atoms with Gasteiger partial charge in [0.15, 0.2) is 0 Å². The third-order valence-corrected chi connectivity index (χ3v) is 3.19. The molecule has 0 aromatic heterocycles. The topological polar surface area (TPSA) is 15.3 Å². The molecule has 72 valence electrons. The van der Waals surface area contributed by atoms with Crippen LogP contribution in [0.25, 0.3) is 0 Å². The Kier molecular flexibility index (Phi) is 3.53. The highest BCUT2D eigenvalue weighted by molar-refractivity contribution is 4.94. The highest BCUT2D eigenvalue weighted by Crippen LogP contribution is 2.32. The van der Waals surface area contributed by atoms with Gasteiger partial charge in [-0.1, -0.05) is 19.8 Å². The van der Waals surface area contributed by atoms with Crippen molar-refractivity contribution >= 4 is 0 Å². The Bertz CT molecular complexity index is 126. The molecule has 0 atom stereocenters. The van der Waals surface area contributed by atoms with Crippen LogP contribution in [0.4, 0.5) is 0 Å². The van der Waals surface area contributed by atoms with Crippen molar-refractivity contribution in [2.75, 3.05) is 27.2 Å². The lowest BCUT2D eigenvalue weighted by Gasteiger charge is -2.36. The van der Waals surface area contributed by atoms with Crippen molar-refractivity contribution in [1.29, 1.82) is 0 Å². The van der Waals surface area contributed by atoms with E-state index < -0.39 is 0 Å². The molecule has 0 radical (unpaired) electrons. The van der Waals surface area contributed by atoms with Crippen LogP contribution in [-0.4, -0.2) is 37.6 Å². The van der Waals surface area contributed by atoms with E-state index in [4.69, 9.17) is 0 Å². The maximum atomic E-state index is 3.47. The SMILES string of the molecule is CCNCC1(N(C)C)CCCC1. The van der Waals surface area contributed by atoms with Gasteiger partial charge in [0.2, 0.25) is 0 Å². The summed E-state index contributed by atoms with van der Waals surface area (Å²) in [6, 6.07) is 0. The molecule has 0 aliphatic heterocycles. The van der Waals surface area contributed by atoms with Gasteiger partial charge in [0, 0.05) is 12.1 Å². The van der Waals surface area contributed by atoms with Crippen LogP contribution in [0.2, 0.25) is 0 Å². The lowest BCUT2D eigenvalue weighted by Crippen LogP contribution is -2.49. The molecule has 0 unspecified atom stereocenters. The number of rotatable bonds is 4. The minimum absolute atomic E-state index is 0.468. The molecule has 0 saturated heterocycles. The van der Waals surface area contributed by atoms with Crippen molar-refractivity contribution < 1.29 is 0 Å². The molecule has 0 aromatic carbocycles. The molecule has 12 heavy (non-hydrogen) atoms. The monoisotopic (exact) mass is 170 g/mol. The van der Waals surface area contributed by atoms with Crippen LogP contribution in [0.5, 0.6) is 0 Å². The van der Waals surface area contributed by atoms with Gasteiger partial charge >= 0.3 is 0 Å². The summed E-state index contributed by atoms with van der Waals surface area (Å²) in [7, 11) is 4.42. The number of likely N-dealkylation sites (N-methyl/N-ethyl adjacent to an activating group) is 2. The average molecular weight is 170 g/mol.